The summed E-state index contributed by atoms with van der Waals surface area (Å²) in [5.41, 5.74) is 5.18. The topological polar surface area (TPSA) is 0 Å². The van der Waals surface area contributed by atoms with Crippen LogP contribution >= 0.6 is 0 Å². The molecule has 2 aromatic rings. The van der Waals surface area contributed by atoms with Crippen molar-refractivity contribution in [3.63, 3.8) is 0 Å². The van der Waals surface area contributed by atoms with Crippen molar-refractivity contribution in [2.24, 2.45) is 0 Å². The smallest absolute Gasteiger partial charge is 0.131 e. The minimum atomic E-state index is -0.123. The van der Waals surface area contributed by atoms with E-state index in [0.29, 0.717) is 5.56 Å². The summed E-state index contributed by atoms with van der Waals surface area (Å²) in [4.78, 5) is 0. The summed E-state index contributed by atoms with van der Waals surface area (Å²) in [6.45, 7) is 6.22. The molecule has 0 aliphatic carbocycles. The Labute approximate surface area is 108 Å². The van der Waals surface area contributed by atoms with Gasteiger partial charge in [0.25, 0.3) is 0 Å². The highest BCUT2D eigenvalue weighted by molar-refractivity contribution is 5.66. The largest absolute Gasteiger partial charge is 0.206 e. The molecule has 2 aromatic carbocycles. The van der Waals surface area contributed by atoms with Crippen LogP contribution in [-0.4, -0.2) is 0 Å². The van der Waals surface area contributed by atoms with Crippen LogP contribution in [0.5, 0.6) is 0 Å². The second-order valence-corrected chi connectivity index (χ2v) is 4.66. The molecule has 0 aromatic heterocycles. The van der Waals surface area contributed by atoms with Crippen LogP contribution in [0.3, 0.4) is 0 Å². The Hall–Kier alpha value is -1.63. The van der Waals surface area contributed by atoms with E-state index in [2.05, 4.69) is 26.0 Å². The van der Waals surface area contributed by atoms with Gasteiger partial charge in [0.15, 0.2) is 0 Å². The standard InChI is InChI=1S/C17H19F/c1-4-13-6-8-15(9-7-13)16-10-12(3)14(5-2)11-17(16)18/h6-11H,4-5H2,1-3H3. The van der Waals surface area contributed by atoms with E-state index < -0.39 is 0 Å². The van der Waals surface area contributed by atoms with Gasteiger partial charge in [-0.1, -0.05) is 38.1 Å². The fourth-order valence-corrected chi connectivity index (χ4v) is 2.24. The van der Waals surface area contributed by atoms with Crippen LogP contribution < -0.4 is 0 Å². The third-order valence-electron chi connectivity index (χ3n) is 3.48. The Balaban J connectivity index is 2.46. The summed E-state index contributed by atoms with van der Waals surface area (Å²) in [7, 11) is 0. The monoisotopic (exact) mass is 242 g/mol. The summed E-state index contributed by atoms with van der Waals surface area (Å²) >= 11 is 0. The van der Waals surface area contributed by atoms with Crippen molar-refractivity contribution in [2.45, 2.75) is 33.6 Å². The zero-order valence-electron chi connectivity index (χ0n) is 11.3. The first kappa shape index (κ1) is 12.8. The van der Waals surface area contributed by atoms with Crippen molar-refractivity contribution in [1.82, 2.24) is 0 Å². The van der Waals surface area contributed by atoms with Crippen molar-refractivity contribution < 1.29 is 4.39 Å². The Kier molecular flexibility index (Phi) is 3.81. The van der Waals surface area contributed by atoms with E-state index in [1.807, 2.05) is 25.1 Å². The fraction of sp³-hybridized carbons (Fsp3) is 0.294. The SMILES string of the molecule is CCc1ccc(-c2cc(C)c(CC)cc2F)cc1. The Morgan fingerprint density at radius 1 is 0.944 bits per heavy atom. The second kappa shape index (κ2) is 5.34. The van der Waals surface area contributed by atoms with Crippen LogP contribution in [0.2, 0.25) is 0 Å². The first-order valence-electron chi connectivity index (χ1n) is 6.54. The molecule has 0 amide bonds. The molecule has 0 atom stereocenters. The summed E-state index contributed by atoms with van der Waals surface area (Å²) in [5, 5.41) is 0. The maximum Gasteiger partial charge on any atom is 0.131 e. The highest BCUT2D eigenvalue weighted by Gasteiger charge is 2.08. The maximum absolute atomic E-state index is 14.1. The number of rotatable bonds is 3. The lowest BCUT2D eigenvalue weighted by molar-refractivity contribution is 0.628. The molecule has 0 fully saturated rings. The summed E-state index contributed by atoms with van der Waals surface area (Å²) in [5.74, 6) is -0.123. The van der Waals surface area contributed by atoms with Gasteiger partial charge in [0.2, 0.25) is 0 Å². The molecule has 0 saturated carbocycles. The van der Waals surface area contributed by atoms with Gasteiger partial charge in [-0.3, -0.25) is 0 Å². The van der Waals surface area contributed by atoms with Crippen molar-refractivity contribution in [3.8, 4) is 11.1 Å². The lowest BCUT2D eigenvalue weighted by atomic mass is 9.97. The lowest BCUT2D eigenvalue weighted by Crippen LogP contribution is -1.93. The van der Waals surface area contributed by atoms with Crippen LogP contribution in [0, 0.1) is 12.7 Å². The van der Waals surface area contributed by atoms with Gasteiger partial charge in [0.1, 0.15) is 5.82 Å². The number of hydrogen-bond acceptors (Lipinski definition) is 0. The van der Waals surface area contributed by atoms with Crippen molar-refractivity contribution in [1.29, 1.82) is 0 Å². The van der Waals surface area contributed by atoms with Crippen LogP contribution in [-0.2, 0) is 12.8 Å². The first-order chi connectivity index (χ1) is 8.65. The molecule has 2 rings (SSSR count). The number of halogens is 1. The van der Waals surface area contributed by atoms with Crippen LogP contribution in [0.15, 0.2) is 36.4 Å². The normalized spacial score (nSPS) is 10.7. The fourth-order valence-electron chi connectivity index (χ4n) is 2.24. The molecule has 0 saturated heterocycles. The molecule has 0 aliphatic rings. The summed E-state index contributed by atoms with van der Waals surface area (Å²) in [6.07, 6.45) is 1.88. The van der Waals surface area contributed by atoms with E-state index in [1.165, 1.54) is 5.56 Å². The Morgan fingerprint density at radius 3 is 2.17 bits per heavy atom. The average Bonchev–Trinajstić information content (AvgIpc) is 2.41. The zero-order chi connectivity index (χ0) is 13.1. The minimum absolute atomic E-state index is 0.123. The van der Waals surface area contributed by atoms with Gasteiger partial charge in [-0.2, -0.15) is 0 Å². The molecule has 0 N–H and O–H groups in total. The highest BCUT2D eigenvalue weighted by Crippen LogP contribution is 2.26. The van der Waals surface area contributed by atoms with Gasteiger partial charge in [-0.25, -0.2) is 4.39 Å². The van der Waals surface area contributed by atoms with E-state index in [4.69, 9.17) is 0 Å². The molecule has 0 radical (unpaired) electrons. The molecule has 18 heavy (non-hydrogen) atoms. The van der Waals surface area contributed by atoms with Crippen molar-refractivity contribution >= 4 is 0 Å². The molecule has 0 spiro atoms. The van der Waals surface area contributed by atoms with Crippen LogP contribution in [0.4, 0.5) is 4.39 Å². The highest BCUT2D eigenvalue weighted by atomic mass is 19.1. The first-order valence-corrected chi connectivity index (χ1v) is 6.54. The van der Waals surface area contributed by atoms with Gasteiger partial charge >= 0.3 is 0 Å². The van der Waals surface area contributed by atoms with Crippen molar-refractivity contribution in [3.05, 3.63) is 58.9 Å². The molecular formula is C17H19F. The van der Waals surface area contributed by atoms with Crippen molar-refractivity contribution in [2.75, 3.05) is 0 Å². The summed E-state index contributed by atoms with van der Waals surface area (Å²) < 4.78 is 14.1. The van der Waals surface area contributed by atoms with E-state index in [1.54, 1.807) is 6.07 Å². The molecule has 0 heterocycles. The zero-order valence-corrected chi connectivity index (χ0v) is 11.3. The number of benzene rings is 2. The predicted octanol–water partition coefficient (Wildman–Crippen LogP) is 4.93. The second-order valence-electron chi connectivity index (χ2n) is 4.66. The van der Waals surface area contributed by atoms with E-state index in [9.17, 15) is 4.39 Å². The Bertz CT molecular complexity index is 538. The molecule has 0 nitrogen and oxygen atoms in total. The third-order valence-corrected chi connectivity index (χ3v) is 3.48. The molecule has 0 unspecified atom stereocenters. The van der Waals surface area contributed by atoms with E-state index in [0.717, 1.165) is 29.5 Å². The molecule has 0 bridgehead atoms. The predicted molar refractivity (Wildman–Crippen MR) is 75.3 cm³/mol. The lowest BCUT2D eigenvalue weighted by Gasteiger charge is -2.09. The third kappa shape index (κ3) is 2.45. The Morgan fingerprint density at radius 2 is 1.61 bits per heavy atom. The minimum Gasteiger partial charge on any atom is -0.206 e. The van der Waals surface area contributed by atoms with Gasteiger partial charge in [0.05, 0.1) is 0 Å². The molecular weight excluding hydrogens is 223 g/mol. The molecule has 1 heteroatoms. The molecule has 94 valence electrons. The quantitative estimate of drug-likeness (QED) is 0.716. The average molecular weight is 242 g/mol. The van der Waals surface area contributed by atoms with E-state index in [-0.39, 0.29) is 5.82 Å². The van der Waals surface area contributed by atoms with Gasteiger partial charge < -0.3 is 0 Å². The number of aryl methyl sites for hydroxylation is 3. The summed E-state index contributed by atoms with van der Waals surface area (Å²) in [6, 6.07) is 11.8. The maximum atomic E-state index is 14.1. The van der Waals surface area contributed by atoms with Gasteiger partial charge in [0, 0.05) is 5.56 Å². The van der Waals surface area contributed by atoms with Crippen LogP contribution in [0.1, 0.15) is 30.5 Å². The van der Waals surface area contributed by atoms with Gasteiger partial charge in [-0.15, -0.1) is 0 Å². The van der Waals surface area contributed by atoms with Gasteiger partial charge in [-0.05, 0) is 54.2 Å². The molecule has 0 aliphatic heterocycles. The van der Waals surface area contributed by atoms with E-state index >= 15 is 0 Å². The number of hydrogen-bond donors (Lipinski definition) is 0. The van der Waals surface area contributed by atoms with Crippen LogP contribution in [0.25, 0.3) is 11.1 Å².